The normalized spacial score (nSPS) is 7.54. The average molecular weight is 190 g/mol. The van der Waals surface area contributed by atoms with E-state index in [2.05, 4.69) is 26.3 Å². The maximum absolute atomic E-state index is 5.06. The Morgan fingerprint density at radius 2 is 1.00 bits per heavy atom. The Morgan fingerprint density at radius 1 is 0.692 bits per heavy atom. The first-order chi connectivity index (χ1) is 6.41. The lowest BCUT2D eigenvalue weighted by Crippen LogP contribution is -2.06. The van der Waals surface area contributed by atoms with E-state index in [0.717, 1.165) is 0 Å². The summed E-state index contributed by atoms with van der Waals surface area (Å²) < 4.78 is 14.6. The van der Waals surface area contributed by atoms with Crippen molar-refractivity contribution in [1.82, 2.24) is 0 Å². The summed E-state index contributed by atoms with van der Waals surface area (Å²) in [5.41, 5.74) is 0. The second-order valence-electron chi connectivity index (χ2n) is 1.60. The Morgan fingerprint density at radius 3 is 1.23 bits per heavy atom. The lowest BCUT2D eigenvalue weighted by atomic mass is 10.7. The van der Waals surface area contributed by atoms with Crippen LogP contribution in [0, 0.1) is 0 Å². The van der Waals surface area contributed by atoms with E-state index in [1.54, 1.807) is 14.2 Å². The smallest absolute Gasteiger partial charge is 0.0701 e. The highest BCUT2D eigenvalue weighted by atomic mass is 16.5. The van der Waals surface area contributed by atoms with Gasteiger partial charge in [-0.15, -0.1) is 26.3 Å². The first kappa shape index (κ1) is 18.2. The summed E-state index contributed by atoms with van der Waals surface area (Å²) in [6.07, 6.45) is 0. The van der Waals surface area contributed by atoms with Gasteiger partial charge in [0.25, 0.3) is 0 Å². The van der Waals surface area contributed by atoms with Gasteiger partial charge in [0.05, 0.1) is 26.4 Å². The van der Waals surface area contributed by atoms with Crippen molar-refractivity contribution < 1.29 is 14.2 Å². The third-order valence-electron chi connectivity index (χ3n) is 0.864. The minimum atomic E-state index is 0.653. The van der Waals surface area contributed by atoms with Crippen molar-refractivity contribution in [2.45, 2.75) is 0 Å². The van der Waals surface area contributed by atoms with Crippen molar-refractivity contribution in [3.63, 3.8) is 0 Å². The molecule has 0 spiro atoms. The Hall–Kier alpha value is -0.640. The molecule has 0 aromatic rings. The standard InChI is InChI=1S/C6H14O3.2C2H4/c1-7-3-5-9-6-4-8-2;2*1-2/h3-6H2,1-2H3;2*1-2H2. The third kappa shape index (κ3) is 34.6. The summed E-state index contributed by atoms with van der Waals surface area (Å²) >= 11 is 0. The molecule has 0 aliphatic heterocycles. The number of hydrogen-bond donors (Lipinski definition) is 0. The van der Waals surface area contributed by atoms with Crippen LogP contribution in [0.5, 0.6) is 0 Å². The van der Waals surface area contributed by atoms with E-state index < -0.39 is 0 Å². The summed E-state index contributed by atoms with van der Waals surface area (Å²) in [5.74, 6) is 0. The highest BCUT2D eigenvalue weighted by Gasteiger charge is 1.84. The van der Waals surface area contributed by atoms with E-state index in [1.807, 2.05) is 0 Å². The van der Waals surface area contributed by atoms with Crippen LogP contribution in [0.4, 0.5) is 0 Å². The second-order valence-corrected chi connectivity index (χ2v) is 1.60. The average Bonchev–Trinajstić information content (AvgIpc) is 2.24. The zero-order valence-electron chi connectivity index (χ0n) is 8.88. The molecule has 0 radical (unpaired) electrons. The first-order valence-electron chi connectivity index (χ1n) is 3.97. The Balaban J connectivity index is -0.000000218. The van der Waals surface area contributed by atoms with Crippen molar-refractivity contribution >= 4 is 0 Å². The quantitative estimate of drug-likeness (QED) is 0.473. The molecule has 0 unspecified atom stereocenters. The molecule has 80 valence electrons. The summed E-state index contributed by atoms with van der Waals surface area (Å²) in [5, 5.41) is 0. The molecule has 0 bridgehead atoms. The monoisotopic (exact) mass is 190 g/mol. The van der Waals surface area contributed by atoms with Gasteiger partial charge in [0.2, 0.25) is 0 Å². The summed E-state index contributed by atoms with van der Waals surface area (Å²) in [6.45, 7) is 14.6. The van der Waals surface area contributed by atoms with E-state index in [1.165, 1.54) is 0 Å². The number of rotatable bonds is 6. The highest BCUT2D eigenvalue weighted by molar-refractivity contribution is 4.28. The van der Waals surface area contributed by atoms with E-state index in [0.29, 0.717) is 26.4 Å². The second kappa shape index (κ2) is 30.1. The number of ether oxygens (including phenoxy) is 3. The maximum Gasteiger partial charge on any atom is 0.0701 e. The lowest BCUT2D eigenvalue weighted by molar-refractivity contribution is 0.0385. The molecule has 3 nitrogen and oxygen atoms in total. The molecule has 0 N–H and O–H groups in total. The van der Waals surface area contributed by atoms with Gasteiger partial charge in [-0.25, -0.2) is 0 Å². The Kier molecular flexibility index (Phi) is 42.2. The molecule has 0 aliphatic rings. The van der Waals surface area contributed by atoms with Gasteiger partial charge in [0, 0.05) is 14.2 Å². The molecule has 0 saturated carbocycles. The van der Waals surface area contributed by atoms with Gasteiger partial charge in [0.1, 0.15) is 0 Å². The lowest BCUT2D eigenvalue weighted by Gasteiger charge is -2.00. The summed E-state index contributed by atoms with van der Waals surface area (Å²) in [6, 6.07) is 0. The zero-order valence-corrected chi connectivity index (χ0v) is 8.88. The zero-order chi connectivity index (χ0) is 10.9. The largest absolute Gasteiger partial charge is 0.382 e. The first-order valence-corrected chi connectivity index (χ1v) is 3.97. The van der Waals surface area contributed by atoms with Crippen LogP contribution in [0.15, 0.2) is 26.3 Å². The Bertz CT molecular complexity index is 59.2. The van der Waals surface area contributed by atoms with Crippen LogP contribution in [-0.2, 0) is 14.2 Å². The van der Waals surface area contributed by atoms with Crippen LogP contribution < -0.4 is 0 Å². The molecule has 0 saturated heterocycles. The maximum atomic E-state index is 5.06. The van der Waals surface area contributed by atoms with Crippen molar-refractivity contribution in [1.29, 1.82) is 0 Å². The third-order valence-corrected chi connectivity index (χ3v) is 0.864. The van der Waals surface area contributed by atoms with Crippen LogP contribution in [0.25, 0.3) is 0 Å². The Labute approximate surface area is 82.0 Å². The molecule has 0 atom stereocenters. The molecule has 3 heteroatoms. The van der Waals surface area contributed by atoms with Crippen molar-refractivity contribution in [3.05, 3.63) is 26.3 Å². The topological polar surface area (TPSA) is 27.7 Å². The molecule has 0 aromatic carbocycles. The minimum absolute atomic E-state index is 0.653. The number of methoxy groups -OCH3 is 2. The van der Waals surface area contributed by atoms with E-state index in [4.69, 9.17) is 14.2 Å². The molecule has 0 heterocycles. The van der Waals surface area contributed by atoms with Crippen LogP contribution in [0.1, 0.15) is 0 Å². The number of hydrogen-bond acceptors (Lipinski definition) is 3. The molecule has 0 rings (SSSR count). The van der Waals surface area contributed by atoms with Crippen LogP contribution in [0.2, 0.25) is 0 Å². The van der Waals surface area contributed by atoms with E-state index in [-0.39, 0.29) is 0 Å². The van der Waals surface area contributed by atoms with Gasteiger partial charge in [-0.1, -0.05) is 0 Å². The van der Waals surface area contributed by atoms with E-state index >= 15 is 0 Å². The van der Waals surface area contributed by atoms with E-state index in [9.17, 15) is 0 Å². The van der Waals surface area contributed by atoms with Gasteiger partial charge in [0.15, 0.2) is 0 Å². The minimum Gasteiger partial charge on any atom is -0.382 e. The SMILES string of the molecule is C=C.C=C.COCCOCCOC. The predicted molar refractivity (Wildman–Crippen MR) is 57.1 cm³/mol. The van der Waals surface area contributed by atoms with Crippen molar-refractivity contribution in [2.24, 2.45) is 0 Å². The fourth-order valence-electron chi connectivity index (χ4n) is 0.387. The van der Waals surface area contributed by atoms with Gasteiger partial charge in [-0.3, -0.25) is 0 Å². The fraction of sp³-hybridized carbons (Fsp3) is 0.600. The van der Waals surface area contributed by atoms with Crippen molar-refractivity contribution in [3.8, 4) is 0 Å². The molecule has 13 heavy (non-hydrogen) atoms. The van der Waals surface area contributed by atoms with Gasteiger partial charge >= 0.3 is 0 Å². The summed E-state index contributed by atoms with van der Waals surface area (Å²) in [7, 11) is 3.30. The molecular formula is C10H22O3. The summed E-state index contributed by atoms with van der Waals surface area (Å²) in [4.78, 5) is 0. The van der Waals surface area contributed by atoms with Crippen LogP contribution in [0.3, 0.4) is 0 Å². The molecule has 0 aromatic heterocycles. The van der Waals surface area contributed by atoms with Gasteiger partial charge in [-0.2, -0.15) is 0 Å². The van der Waals surface area contributed by atoms with Gasteiger partial charge in [-0.05, 0) is 0 Å². The van der Waals surface area contributed by atoms with Crippen LogP contribution >= 0.6 is 0 Å². The van der Waals surface area contributed by atoms with Gasteiger partial charge < -0.3 is 14.2 Å². The van der Waals surface area contributed by atoms with Crippen molar-refractivity contribution in [2.75, 3.05) is 40.6 Å². The molecular weight excluding hydrogens is 168 g/mol. The fourth-order valence-corrected chi connectivity index (χ4v) is 0.387. The predicted octanol–water partition coefficient (Wildman–Crippen LogP) is 1.90. The molecule has 0 amide bonds. The molecule has 0 fully saturated rings. The highest BCUT2D eigenvalue weighted by Crippen LogP contribution is 1.75. The molecule has 0 aliphatic carbocycles. The van der Waals surface area contributed by atoms with Crippen LogP contribution in [-0.4, -0.2) is 40.6 Å².